The summed E-state index contributed by atoms with van der Waals surface area (Å²) in [5, 5.41) is 0.937. The SMILES string of the molecule is O=P([O-])([O-])SCc1cccc2cccnc12.[Na+].[Na+]. The number of fused-ring (bicyclic) bond motifs is 1. The van der Waals surface area contributed by atoms with Gasteiger partial charge in [0.15, 0.2) is 0 Å². The van der Waals surface area contributed by atoms with Crippen molar-refractivity contribution in [3.05, 3.63) is 42.1 Å². The van der Waals surface area contributed by atoms with Crippen LogP contribution >= 0.6 is 18.2 Å². The molecule has 1 aromatic heterocycles. The number of hydrogen-bond donors (Lipinski definition) is 0. The number of hydrogen-bond acceptors (Lipinski definition) is 5. The number of benzene rings is 1. The number of nitrogens with zero attached hydrogens (tertiary/aromatic N) is 1. The second kappa shape index (κ2) is 8.42. The maximum Gasteiger partial charge on any atom is 1.00 e. The summed E-state index contributed by atoms with van der Waals surface area (Å²) in [4.78, 5) is 25.3. The number of aromatic nitrogens is 1. The average molecular weight is 299 g/mol. The monoisotopic (exact) mass is 299 g/mol. The molecule has 1 heterocycles. The predicted molar refractivity (Wildman–Crippen MR) is 60.6 cm³/mol. The first-order valence-corrected chi connectivity index (χ1v) is 7.69. The van der Waals surface area contributed by atoms with Crippen LogP contribution in [0.1, 0.15) is 5.56 Å². The van der Waals surface area contributed by atoms with E-state index in [9.17, 15) is 14.4 Å². The van der Waals surface area contributed by atoms with Crippen LogP contribution in [0.25, 0.3) is 10.9 Å². The minimum absolute atomic E-state index is 0. The largest absolute Gasteiger partial charge is 1.00 e. The van der Waals surface area contributed by atoms with E-state index >= 15 is 0 Å². The zero-order valence-electron chi connectivity index (χ0n) is 10.2. The summed E-state index contributed by atoms with van der Waals surface area (Å²) >= 11 is 0.406. The molecule has 0 aliphatic heterocycles. The summed E-state index contributed by atoms with van der Waals surface area (Å²) in [7, 11) is 0. The van der Waals surface area contributed by atoms with Crippen molar-refractivity contribution in [3.63, 3.8) is 0 Å². The molecule has 0 spiro atoms. The van der Waals surface area contributed by atoms with Gasteiger partial charge in [0.05, 0.1) is 5.52 Å². The van der Waals surface area contributed by atoms with Crippen molar-refractivity contribution in [3.8, 4) is 0 Å². The van der Waals surface area contributed by atoms with Crippen molar-refractivity contribution in [2.75, 3.05) is 0 Å². The summed E-state index contributed by atoms with van der Waals surface area (Å²) in [5.74, 6) is 0.138. The molecule has 0 saturated carbocycles. The molecule has 8 heteroatoms. The Labute approximate surface area is 153 Å². The molecular weight excluding hydrogens is 291 g/mol. The molecule has 0 bridgehead atoms. The Morgan fingerprint density at radius 1 is 1.17 bits per heavy atom. The number of para-hydroxylation sites is 1. The summed E-state index contributed by atoms with van der Waals surface area (Å²) < 4.78 is 10.6. The van der Waals surface area contributed by atoms with E-state index < -0.39 is 6.80 Å². The van der Waals surface area contributed by atoms with E-state index in [0.717, 1.165) is 16.5 Å². The summed E-state index contributed by atoms with van der Waals surface area (Å²) in [5.41, 5.74) is 1.50. The van der Waals surface area contributed by atoms with Crippen LogP contribution in [0.5, 0.6) is 0 Å². The van der Waals surface area contributed by atoms with Crippen LogP contribution in [0.4, 0.5) is 0 Å². The van der Waals surface area contributed by atoms with E-state index in [2.05, 4.69) is 4.98 Å². The molecule has 0 unspecified atom stereocenters. The summed E-state index contributed by atoms with van der Waals surface area (Å²) in [6, 6.07) is 9.19. The topological polar surface area (TPSA) is 76.1 Å². The molecule has 1 aromatic carbocycles. The average Bonchev–Trinajstić information content (AvgIpc) is 2.25. The van der Waals surface area contributed by atoms with Gasteiger partial charge in [-0.05, 0) is 18.4 Å². The first-order chi connectivity index (χ1) is 7.56. The third-order valence-corrected chi connectivity index (χ3v) is 4.19. The van der Waals surface area contributed by atoms with Crippen LogP contribution in [0.3, 0.4) is 0 Å². The van der Waals surface area contributed by atoms with Crippen molar-refractivity contribution >= 4 is 29.1 Å². The van der Waals surface area contributed by atoms with E-state index in [4.69, 9.17) is 0 Å². The van der Waals surface area contributed by atoms with E-state index in [1.807, 2.05) is 24.3 Å². The van der Waals surface area contributed by atoms with Crippen molar-refractivity contribution in [1.82, 2.24) is 4.98 Å². The summed E-state index contributed by atoms with van der Waals surface area (Å²) in [6.45, 7) is -4.52. The van der Waals surface area contributed by atoms with Crippen molar-refractivity contribution < 1.29 is 73.5 Å². The van der Waals surface area contributed by atoms with Crippen LogP contribution in [0.2, 0.25) is 0 Å². The second-order valence-electron chi connectivity index (χ2n) is 3.21. The molecule has 0 radical (unpaired) electrons. The first-order valence-electron chi connectivity index (χ1n) is 4.55. The summed E-state index contributed by atoms with van der Waals surface area (Å²) in [6.07, 6.45) is 1.64. The van der Waals surface area contributed by atoms with Gasteiger partial charge in [-0.1, -0.05) is 24.3 Å². The van der Waals surface area contributed by atoms with E-state index in [1.54, 1.807) is 12.3 Å². The minimum atomic E-state index is -4.52. The van der Waals surface area contributed by atoms with Crippen LogP contribution in [0.15, 0.2) is 36.5 Å². The van der Waals surface area contributed by atoms with Crippen LogP contribution in [0, 0.1) is 0 Å². The maximum absolute atomic E-state index is 10.6. The van der Waals surface area contributed by atoms with Gasteiger partial charge in [-0.15, -0.1) is 11.4 Å². The number of pyridine rings is 1. The molecule has 4 nitrogen and oxygen atoms in total. The Hall–Kier alpha value is 1.13. The van der Waals surface area contributed by atoms with Gasteiger partial charge in [-0.2, -0.15) is 0 Å². The molecule has 0 aliphatic rings. The van der Waals surface area contributed by atoms with Gasteiger partial charge in [0.25, 0.3) is 0 Å². The van der Waals surface area contributed by atoms with Crippen LogP contribution < -0.4 is 68.9 Å². The van der Waals surface area contributed by atoms with Gasteiger partial charge in [0, 0.05) is 17.3 Å². The Bertz CT molecular complexity index is 558. The maximum atomic E-state index is 10.6. The molecule has 2 rings (SSSR count). The fraction of sp³-hybridized carbons (Fsp3) is 0.100. The smallest absolute Gasteiger partial charge is 0.803 e. The number of rotatable bonds is 3. The molecule has 2 aromatic rings. The van der Waals surface area contributed by atoms with Gasteiger partial charge in [0.1, 0.15) is 0 Å². The van der Waals surface area contributed by atoms with Gasteiger partial charge >= 0.3 is 59.1 Å². The fourth-order valence-corrected chi connectivity index (χ4v) is 2.85. The predicted octanol–water partition coefficient (Wildman–Crippen LogP) is -4.70. The fourth-order valence-electron chi connectivity index (χ4n) is 1.43. The normalized spacial score (nSPS) is 10.6. The van der Waals surface area contributed by atoms with Crippen molar-refractivity contribution in [2.24, 2.45) is 0 Å². The van der Waals surface area contributed by atoms with Gasteiger partial charge in [-0.25, -0.2) is 0 Å². The molecule has 0 saturated heterocycles. The van der Waals surface area contributed by atoms with Crippen LogP contribution in [-0.2, 0) is 10.3 Å². The zero-order valence-corrected chi connectivity index (χ0v) is 15.9. The molecule has 0 fully saturated rings. The van der Waals surface area contributed by atoms with Crippen LogP contribution in [-0.4, -0.2) is 4.98 Å². The van der Waals surface area contributed by atoms with Crippen molar-refractivity contribution in [1.29, 1.82) is 0 Å². The quantitative estimate of drug-likeness (QED) is 0.420. The molecule has 0 atom stereocenters. The van der Waals surface area contributed by atoms with E-state index in [1.165, 1.54) is 0 Å². The Balaban J connectivity index is 0.00000144. The van der Waals surface area contributed by atoms with E-state index in [0.29, 0.717) is 11.4 Å². The Kier molecular flexibility index (Phi) is 8.95. The molecule has 0 N–H and O–H groups in total. The third kappa shape index (κ3) is 5.63. The standard InChI is InChI=1S/C10H10NO3PS.2Na/c12-15(13,14)16-7-9-4-1-3-8-5-2-6-11-10(8)9;;/h1-6H,7H2,(H2,12,13,14);;/q;2*+1/p-2. The zero-order chi connectivity index (χ0) is 11.6. The van der Waals surface area contributed by atoms with Gasteiger partial charge in [-0.3, -0.25) is 4.98 Å². The first kappa shape index (κ1) is 19.1. The second-order valence-corrected chi connectivity index (χ2v) is 6.77. The van der Waals surface area contributed by atoms with E-state index in [-0.39, 0.29) is 64.9 Å². The molecule has 0 aliphatic carbocycles. The van der Waals surface area contributed by atoms with Crippen molar-refractivity contribution in [2.45, 2.75) is 5.75 Å². The minimum Gasteiger partial charge on any atom is -0.803 e. The Morgan fingerprint density at radius 2 is 1.83 bits per heavy atom. The molecule has 84 valence electrons. The molecule has 18 heavy (non-hydrogen) atoms. The van der Waals surface area contributed by atoms with Gasteiger partial charge in [0.2, 0.25) is 0 Å². The molecule has 0 amide bonds. The third-order valence-electron chi connectivity index (χ3n) is 2.09. The van der Waals surface area contributed by atoms with Gasteiger partial charge < -0.3 is 14.4 Å². The Morgan fingerprint density at radius 3 is 2.50 bits per heavy atom. The molecular formula is C10H8NNa2O3PS.